The molecule has 1 aromatic carbocycles. The van der Waals surface area contributed by atoms with Crippen molar-refractivity contribution in [3.8, 4) is 0 Å². The van der Waals surface area contributed by atoms with Gasteiger partial charge in [-0.05, 0) is 64.8 Å². The molecule has 18 heavy (non-hydrogen) atoms. The summed E-state index contributed by atoms with van der Waals surface area (Å²) in [6.45, 7) is 6.28. The van der Waals surface area contributed by atoms with Crippen LogP contribution in [0.4, 0.5) is 11.6 Å². The van der Waals surface area contributed by atoms with Crippen molar-refractivity contribution in [1.29, 1.82) is 0 Å². The summed E-state index contributed by atoms with van der Waals surface area (Å²) in [6.07, 6.45) is 2.05. The summed E-state index contributed by atoms with van der Waals surface area (Å²) < 4.78 is 4.14. The van der Waals surface area contributed by atoms with E-state index in [0.29, 0.717) is 6.04 Å². The van der Waals surface area contributed by atoms with Crippen molar-refractivity contribution in [2.45, 2.75) is 26.8 Å². The number of para-hydroxylation sites is 1. The molecular formula is C13H15Br2N3. The Morgan fingerprint density at radius 3 is 2.39 bits per heavy atom. The molecule has 3 nitrogen and oxygen atoms in total. The van der Waals surface area contributed by atoms with Gasteiger partial charge in [-0.3, -0.25) is 0 Å². The first-order chi connectivity index (χ1) is 8.49. The fraction of sp³-hybridized carbons (Fsp3) is 0.308. The van der Waals surface area contributed by atoms with Gasteiger partial charge in [0.15, 0.2) is 0 Å². The van der Waals surface area contributed by atoms with Crippen LogP contribution in [-0.2, 0) is 0 Å². The summed E-state index contributed by atoms with van der Waals surface area (Å²) in [4.78, 5) is 4.52. The Balaban J connectivity index is 2.40. The van der Waals surface area contributed by atoms with Crippen LogP contribution in [0.15, 0.2) is 33.3 Å². The first-order valence-electron chi connectivity index (χ1n) is 5.75. The van der Waals surface area contributed by atoms with Gasteiger partial charge in [0.1, 0.15) is 0 Å². The number of hydrogen-bond acceptors (Lipinski definition) is 2. The maximum absolute atomic E-state index is 4.52. The van der Waals surface area contributed by atoms with Crippen molar-refractivity contribution in [3.63, 3.8) is 0 Å². The molecule has 1 N–H and O–H groups in total. The van der Waals surface area contributed by atoms with Crippen molar-refractivity contribution in [3.05, 3.63) is 39.0 Å². The van der Waals surface area contributed by atoms with Crippen molar-refractivity contribution < 1.29 is 0 Å². The van der Waals surface area contributed by atoms with Gasteiger partial charge in [0.25, 0.3) is 0 Å². The molecule has 0 saturated carbocycles. The molecule has 2 rings (SSSR count). The third kappa shape index (κ3) is 2.78. The van der Waals surface area contributed by atoms with E-state index in [4.69, 9.17) is 0 Å². The summed E-state index contributed by atoms with van der Waals surface area (Å²) in [5.74, 6) is 0.857. The number of anilines is 2. The average Bonchev–Trinajstić information content (AvgIpc) is 2.65. The molecule has 0 aliphatic carbocycles. The highest BCUT2D eigenvalue weighted by molar-refractivity contribution is 9.11. The Kier molecular flexibility index (Phi) is 4.12. The SMILES string of the molecule is Cc1cn(C(C)C)c(Nc2c(Br)cccc2Br)n1. The minimum absolute atomic E-state index is 0.370. The summed E-state index contributed by atoms with van der Waals surface area (Å²) >= 11 is 7.09. The van der Waals surface area contributed by atoms with Gasteiger partial charge in [0, 0.05) is 21.2 Å². The zero-order valence-corrected chi connectivity index (χ0v) is 13.7. The highest BCUT2D eigenvalue weighted by Gasteiger charge is 2.11. The van der Waals surface area contributed by atoms with Gasteiger partial charge in [0.2, 0.25) is 5.95 Å². The van der Waals surface area contributed by atoms with E-state index in [9.17, 15) is 0 Å². The monoisotopic (exact) mass is 371 g/mol. The van der Waals surface area contributed by atoms with Crippen LogP contribution in [0.1, 0.15) is 25.6 Å². The van der Waals surface area contributed by atoms with Crippen LogP contribution in [0, 0.1) is 6.92 Å². The normalized spacial score (nSPS) is 11.0. The van der Waals surface area contributed by atoms with E-state index < -0.39 is 0 Å². The van der Waals surface area contributed by atoms with Gasteiger partial charge in [-0.25, -0.2) is 4.98 Å². The first-order valence-corrected chi connectivity index (χ1v) is 7.34. The Morgan fingerprint density at radius 1 is 1.22 bits per heavy atom. The number of nitrogens with one attached hydrogen (secondary N) is 1. The van der Waals surface area contributed by atoms with Crippen LogP contribution < -0.4 is 5.32 Å². The molecule has 1 heterocycles. The maximum atomic E-state index is 4.52. The summed E-state index contributed by atoms with van der Waals surface area (Å²) in [7, 11) is 0. The lowest BCUT2D eigenvalue weighted by Crippen LogP contribution is -2.05. The topological polar surface area (TPSA) is 29.9 Å². The Labute approximate surface area is 124 Å². The molecule has 96 valence electrons. The number of imidazole rings is 1. The van der Waals surface area contributed by atoms with E-state index >= 15 is 0 Å². The van der Waals surface area contributed by atoms with E-state index in [1.54, 1.807) is 0 Å². The highest BCUT2D eigenvalue weighted by Crippen LogP contribution is 2.33. The molecule has 2 aromatic rings. The fourth-order valence-electron chi connectivity index (χ4n) is 1.73. The molecule has 5 heteroatoms. The average molecular weight is 373 g/mol. The molecule has 0 atom stereocenters. The lowest BCUT2D eigenvalue weighted by molar-refractivity contribution is 0.607. The zero-order valence-electron chi connectivity index (χ0n) is 10.5. The standard InChI is InChI=1S/C13H15Br2N3/c1-8(2)18-7-9(3)16-13(18)17-12-10(14)5-4-6-11(12)15/h4-8H,1-3H3,(H,16,17). The van der Waals surface area contributed by atoms with Gasteiger partial charge < -0.3 is 9.88 Å². The largest absolute Gasteiger partial charge is 0.324 e. The van der Waals surface area contributed by atoms with E-state index in [-0.39, 0.29) is 0 Å². The molecule has 0 aliphatic rings. The molecule has 1 aromatic heterocycles. The zero-order chi connectivity index (χ0) is 13.3. The van der Waals surface area contributed by atoms with Crippen molar-refractivity contribution in [2.75, 3.05) is 5.32 Å². The van der Waals surface area contributed by atoms with Gasteiger partial charge in [-0.2, -0.15) is 0 Å². The number of aromatic nitrogens is 2. The number of rotatable bonds is 3. The molecular weight excluding hydrogens is 358 g/mol. The quantitative estimate of drug-likeness (QED) is 0.817. The van der Waals surface area contributed by atoms with Gasteiger partial charge in [0.05, 0.1) is 11.4 Å². The van der Waals surface area contributed by atoms with E-state index in [0.717, 1.165) is 26.3 Å². The van der Waals surface area contributed by atoms with Crippen LogP contribution >= 0.6 is 31.9 Å². The second-order valence-corrected chi connectivity index (χ2v) is 6.14. The second-order valence-electron chi connectivity index (χ2n) is 4.43. The molecule has 0 saturated heterocycles. The summed E-state index contributed by atoms with van der Waals surface area (Å²) in [6, 6.07) is 6.36. The highest BCUT2D eigenvalue weighted by atomic mass is 79.9. The molecule has 0 fully saturated rings. The Bertz CT molecular complexity index is 541. The predicted molar refractivity (Wildman–Crippen MR) is 82.5 cm³/mol. The van der Waals surface area contributed by atoms with Crippen LogP contribution in [-0.4, -0.2) is 9.55 Å². The first kappa shape index (κ1) is 13.6. The minimum Gasteiger partial charge on any atom is -0.324 e. The number of aryl methyl sites for hydroxylation is 1. The van der Waals surface area contributed by atoms with Crippen LogP contribution in [0.3, 0.4) is 0 Å². The third-order valence-electron chi connectivity index (χ3n) is 2.61. The summed E-state index contributed by atoms with van der Waals surface area (Å²) in [5.41, 5.74) is 2.00. The molecule has 0 unspecified atom stereocenters. The van der Waals surface area contributed by atoms with Crippen LogP contribution in [0.2, 0.25) is 0 Å². The lowest BCUT2D eigenvalue weighted by atomic mass is 10.3. The Morgan fingerprint density at radius 2 is 1.83 bits per heavy atom. The van der Waals surface area contributed by atoms with E-state index in [2.05, 4.69) is 66.8 Å². The van der Waals surface area contributed by atoms with Crippen LogP contribution in [0.5, 0.6) is 0 Å². The van der Waals surface area contributed by atoms with Gasteiger partial charge in [-0.15, -0.1) is 0 Å². The molecule has 0 spiro atoms. The smallest absolute Gasteiger partial charge is 0.207 e. The van der Waals surface area contributed by atoms with Crippen molar-refractivity contribution in [2.24, 2.45) is 0 Å². The molecule has 0 aliphatic heterocycles. The summed E-state index contributed by atoms with van der Waals surface area (Å²) in [5, 5.41) is 3.37. The third-order valence-corrected chi connectivity index (χ3v) is 3.93. The number of hydrogen-bond donors (Lipinski definition) is 1. The minimum atomic E-state index is 0.370. The second kappa shape index (κ2) is 5.45. The number of benzene rings is 1. The van der Waals surface area contributed by atoms with Gasteiger partial charge in [-0.1, -0.05) is 6.07 Å². The van der Waals surface area contributed by atoms with Crippen LogP contribution in [0.25, 0.3) is 0 Å². The van der Waals surface area contributed by atoms with Crippen molar-refractivity contribution in [1.82, 2.24) is 9.55 Å². The van der Waals surface area contributed by atoms with E-state index in [1.807, 2.05) is 25.1 Å². The molecule has 0 radical (unpaired) electrons. The lowest BCUT2D eigenvalue weighted by Gasteiger charge is -2.14. The predicted octanol–water partition coefficient (Wildman–Crippen LogP) is 5.04. The molecule has 0 amide bonds. The van der Waals surface area contributed by atoms with E-state index in [1.165, 1.54) is 0 Å². The maximum Gasteiger partial charge on any atom is 0.207 e. The molecule has 0 bridgehead atoms. The van der Waals surface area contributed by atoms with Crippen molar-refractivity contribution >= 4 is 43.5 Å². The number of nitrogens with zero attached hydrogens (tertiary/aromatic N) is 2. The fourth-order valence-corrected chi connectivity index (χ4v) is 2.93. The van der Waals surface area contributed by atoms with Gasteiger partial charge >= 0.3 is 0 Å². The Hall–Kier alpha value is -0.810. The number of halogens is 2.